The summed E-state index contributed by atoms with van der Waals surface area (Å²) in [5.74, 6) is 0.858. The summed E-state index contributed by atoms with van der Waals surface area (Å²) in [4.78, 5) is 4.15. The van der Waals surface area contributed by atoms with E-state index in [1.54, 1.807) is 36.6 Å². The van der Waals surface area contributed by atoms with Crippen molar-refractivity contribution >= 4 is 5.69 Å². The molecule has 0 aliphatic carbocycles. The first kappa shape index (κ1) is 13.1. The van der Waals surface area contributed by atoms with Crippen molar-refractivity contribution < 1.29 is 4.74 Å². The molecule has 0 amide bonds. The summed E-state index contributed by atoms with van der Waals surface area (Å²) in [7, 11) is 1.67. The summed E-state index contributed by atoms with van der Waals surface area (Å²) in [5.41, 5.74) is 2.86. The lowest BCUT2D eigenvalue weighted by Gasteiger charge is -2.13. The normalized spacial score (nSPS) is 10.3. The molecule has 3 rings (SSSR count). The van der Waals surface area contributed by atoms with E-state index in [1.807, 2.05) is 30.3 Å². The molecule has 0 unspecified atom stereocenters. The van der Waals surface area contributed by atoms with Crippen LogP contribution in [0.3, 0.4) is 0 Å². The van der Waals surface area contributed by atoms with Crippen LogP contribution in [0.25, 0.3) is 5.69 Å². The maximum atomic E-state index is 5.35. The molecule has 0 bridgehead atoms. The molecule has 106 valence electrons. The van der Waals surface area contributed by atoms with Crippen LogP contribution in [0, 0.1) is 0 Å². The molecular formula is C15H15N5O. The molecule has 21 heavy (non-hydrogen) atoms. The van der Waals surface area contributed by atoms with Gasteiger partial charge in [0.05, 0.1) is 37.1 Å². The molecule has 1 N–H and O–H groups in total. The first-order valence-corrected chi connectivity index (χ1v) is 6.55. The quantitative estimate of drug-likeness (QED) is 0.777. The monoisotopic (exact) mass is 281 g/mol. The molecule has 6 nitrogen and oxygen atoms in total. The van der Waals surface area contributed by atoms with E-state index in [0.717, 1.165) is 22.7 Å². The number of nitrogens with one attached hydrogen (secondary N) is 1. The first-order valence-electron chi connectivity index (χ1n) is 6.55. The van der Waals surface area contributed by atoms with Crippen LogP contribution in [0.4, 0.5) is 5.69 Å². The molecular weight excluding hydrogens is 266 g/mol. The molecule has 0 atom stereocenters. The van der Waals surface area contributed by atoms with Crippen LogP contribution in [-0.4, -0.2) is 27.1 Å². The Bertz CT molecular complexity index is 712. The lowest BCUT2D eigenvalue weighted by molar-refractivity contribution is 0.410. The number of ether oxygens (including phenoxy) is 1. The van der Waals surface area contributed by atoms with Gasteiger partial charge >= 0.3 is 0 Å². The third-order valence-electron chi connectivity index (χ3n) is 3.13. The largest absolute Gasteiger partial charge is 0.496 e. The van der Waals surface area contributed by atoms with Gasteiger partial charge < -0.3 is 10.1 Å². The van der Waals surface area contributed by atoms with Crippen molar-refractivity contribution in [3.8, 4) is 11.4 Å². The van der Waals surface area contributed by atoms with Gasteiger partial charge in [-0.25, -0.2) is 4.68 Å². The third-order valence-corrected chi connectivity index (χ3v) is 3.13. The number of methoxy groups -OCH3 is 1. The maximum Gasteiger partial charge on any atom is 0.123 e. The topological polar surface area (TPSA) is 64.9 Å². The number of para-hydroxylation sites is 1. The summed E-state index contributed by atoms with van der Waals surface area (Å²) >= 11 is 0. The number of benzene rings is 1. The molecule has 2 heterocycles. The molecule has 0 radical (unpaired) electrons. The standard InChI is InChI=1S/C15H15N5O/c1-21-15-5-3-2-4-12(15)10-17-13-11-16-7-6-14(13)20-9-8-18-19-20/h2-9,11,17H,10H2,1H3. The molecule has 0 spiro atoms. The number of rotatable bonds is 5. The van der Waals surface area contributed by atoms with Crippen LogP contribution in [0.5, 0.6) is 5.75 Å². The molecule has 2 aromatic heterocycles. The van der Waals surface area contributed by atoms with Gasteiger partial charge in [0.1, 0.15) is 5.75 Å². The summed E-state index contributed by atoms with van der Waals surface area (Å²) < 4.78 is 7.05. The van der Waals surface area contributed by atoms with Crippen molar-refractivity contribution in [1.82, 2.24) is 20.0 Å². The summed E-state index contributed by atoms with van der Waals surface area (Å²) in [6, 6.07) is 9.80. The van der Waals surface area contributed by atoms with E-state index in [4.69, 9.17) is 4.74 Å². The highest BCUT2D eigenvalue weighted by Crippen LogP contribution is 2.21. The molecule has 0 saturated carbocycles. The molecule has 1 aromatic carbocycles. The Morgan fingerprint density at radius 1 is 1.19 bits per heavy atom. The van der Waals surface area contributed by atoms with Crippen LogP contribution in [0.2, 0.25) is 0 Å². The van der Waals surface area contributed by atoms with Gasteiger partial charge in [-0.05, 0) is 12.1 Å². The fourth-order valence-electron chi connectivity index (χ4n) is 2.10. The fourth-order valence-corrected chi connectivity index (χ4v) is 2.10. The van der Waals surface area contributed by atoms with Crippen LogP contribution in [-0.2, 0) is 6.54 Å². The Kier molecular flexibility index (Phi) is 3.77. The Balaban J connectivity index is 1.83. The first-order chi connectivity index (χ1) is 10.4. The second kappa shape index (κ2) is 6.04. The highest BCUT2D eigenvalue weighted by molar-refractivity contribution is 5.59. The number of aromatic nitrogens is 4. The van der Waals surface area contributed by atoms with Crippen molar-refractivity contribution in [1.29, 1.82) is 0 Å². The zero-order valence-corrected chi connectivity index (χ0v) is 11.6. The molecule has 0 saturated heterocycles. The van der Waals surface area contributed by atoms with Gasteiger partial charge in [0.2, 0.25) is 0 Å². The van der Waals surface area contributed by atoms with Crippen molar-refractivity contribution in [2.24, 2.45) is 0 Å². The van der Waals surface area contributed by atoms with Gasteiger partial charge in [-0.3, -0.25) is 4.98 Å². The van der Waals surface area contributed by atoms with E-state index >= 15 is 0 Å². The van der Waals surface area contributed by atoms with Crippen molar-refractivity contribution in [2.45, 2.75) is 6.54 Å². The van der Waals surface area contributed by atoms with E-state index in [9.17, 15) is 0 Å². The third kappa shape index (κ3) is 2.84. The van der Waals surface area contributed by atoms with Crippen molar-refractivity contribution in [3.63, 3.8) is 0 Å². The van der Waals surface area contributed by atoms with Gasteiger partial charge in [0, 0.05) is 18.3 Å². The number of pyridine rings is 1. The number of nitrogens with zero attached hydrogens (tertiary/aromatic N) is 4. The van der Waals surface area contributed by atoms with Crippen LogP contribution in [0.1, 0.15) is 5.56 Å². The van der Waals surface area contributed by atoms with E-state index in [1.165, 1.54) is 0 Å². The van der Waals surface area contributed by atoms with Gasteiger partial charge in [-0.15, -0.1) is 5.10 Å². The zero-order chi connectivity index (χ0) is 14.5. The molecule has 0 fully saturated rings. The maximum absolute atomic E-state index is 5.35. The smallest absolute Gasteiger partial charge is 0.123 e. The van der Waals surface area contributed by atoms with Gasteiger partial charge in [-0.1, -0.05) is 23.4 Å². The van der Waals surface area contributed by atoms with Gasteiger partial charge in [-0.2, -0.15) is 0 Å². The highest BCUT2D eigenvalue weighted by Gasteiger charge is 2.07. The summed E-state index contributed by atoms with van der Waals surface area (Å²) in [6.07, 6.45) is 6.94. The van der Waals surface area contributed by atoms with Crippen molar-refractivity contribution in [3.05, 3.63) is 60.7 Å². The average molecular weight is 281 g/mol. The zero-order valence-electron chi connectivity index (χ0n) is 11.6. The van der Waals surface area contributed by atoms with Gasteiger partial charge in [0.25, 0.3) is 0 Å². The summed E-state index contributed by atoms with van der Waals surface area (Å²) in [5, 5.41) is 11.2. The van der Waals surface area contributed by atoms with Gasteiger partial charge in [0.15, 0.2) is 0 Å². The Labute approximate surface area is 122 Å². The number of hydrogen-bond donors (Lipinski definition) is 1. The molecule has 3 aromatic rings. The Morgan fingerprint density at radius 3 is 2.90 bits per heavy atom. The highest BCUT2D eigenvalue weighted by atomic mass is 16.5. The van der Waals surface area contributed by atoms with Crippen molar-refractivity contribution in [2.75, 3.05) is 12.4 Å². The van der Waals surface area contributed by atoms with Crippen LogP contribution >= 0.6 is 0 Å². The van der Waals surface area contributed by atoms with E-state index < -0.39 is 0 Å². The second-order valence-corrected chi connectivity index (χ2v) is 4.41. The number of anilines is 1. The fraction of sp³-hybridized carbons (Fsp3) is 0.133. The minimum atomic E-state index is 0.636. The lowest BCUT2D eigenvalue weighted by Crippen LogP contribution is -2.06. The molecule has 0 aliphatic rings. The van der Waals surface area contributed by atoms with Crippen LogP contribution < -0.4 is 10.1 Å². The predicted octanol–water partition coefficient (Wildman–Crippen LogP) is 2.28. The SMILES string of the molecule is COc1ccccc1CNc1cnccc1-n1ccnn1. The second-order valence-electron chi connectivity index (χ2n) is 4.41. The number of hydrogen-bond acceptors (Lipinski definition) is 5. The Morgan fingerprint density at radius 2 is 2.10 bits per heavy atom. The predicted molar refractivity (Wildman–Crippen MR) is 79.5 cm³/mol. The molecule has 6 heteroatoms. The van der Waals surface area contributed by atoms with E-state index in [-0.39, 0.29) is 0 Å². The molecule has 0 aliphatic heterocycles. The van der Waals surface area contributed by atoms with Crippen LogP contribution in [0.15, 0.2) is 55.1 Å². The Hall–Kier alpha value is -2.89. The van der Waals surface area contributed by atoms with E-state index in [2.05, 4.69) is 20.6 Å². The average Bonchev–Trinajstić information content (AvgIpc) is 3.08. The lowest BCUT2D eigenvalue weighted by atomic mass is 10.2. The van der Waals surface area contributed by atoms with E-state index in [0.29, 0.717) is 6.54 Å². The minimum absolute atomic E-state index is 0.636. The summed E-state index contributed by atoms with van der Waals surface area (Å²) in [6.45, 7) is 0.636. The minimum Gasteiger partial charge on any atom is -0.496 e.